The van der Waals surface area contributed by atoms with Crippen LogP contribution in [0.5, 0.6) is 5.75 Å². The number of hydrogen-bond acceptors (Lipinski definition) is 6. The molecule has 0 radical (unpaired) electrons. The van der Waals surface area contributed by atoms with Crippen molar-refractivity contribution < 1.29 is 14.4 Å². The molecule has 0 aliphatic carbocycles. The fraction of sp³-hybridized carbons (Fsp3) is 0.379. The molecule has 2 atom stereocenters. The van der Waals surface area contributed by atoms with E-state index in [0.29, 0.717) is 6.61 Å². The molecule has 36 heavy (non-hydrogen) atoms. The second-order valence-corrected chi connectivity index (χ2v) is 10.1. The number of ether oxygens (including phenoxy) is 1. The molecule has 1 saturated heterocycles. The highest BCUT2D eigenvalue weighted by molar-refractivity contribution is 6.09. The predicted octanol–water partition coefficient (Wildman–Crippen LogP) is 4.13. The minimum atomic E-state index is -0.0114. The van der Waals surface area contributed by atoms with Crippen molar-refractivity contribution in [3.63, 3.8) is 0 Å². The van der Waals surface area contributed by atoms with Gasteiger partial charge in [-0.25, -0.2) is 0 Å². The van der Waals surface area contributed by atoms with E-state index in [2.05, 4.69) is 64.4 Å². The summed E-state index contributed by atoms with van der Waals surface area (Å²) in [5, 5.41) is 5.51. The van der Waals surface area contributed by atoms with Crippen LogP contribution in [-0.4, -0.2) is 78.0 Å². The number of carbonyl (C=O) groups is 1. The lowest BCUT2D eigenvalue weighted by Gasteiger charge is -2.36. The predicted molar refractivity (Wildman–Crippen MR) is 142 cm³/mol. The monoisotopic (exact) mass is 484 g/mol. The summed E-state index contributed by atoms with van der Waals surface area (Å²) in [6, 6.07) is 16.5. The Bertz CT molecular complexity index is 1340. The van der Waals surface area contributed by atoms with Gasteiger partial charge in [-0.1, -0.05) is 47.1 Å². The average Bonchev–Trinajstić information content (AvgIpc) is 3.48. The summed E-state index contributed by atoms with van der Waals surface area (Å²) < 4.78 is 7.81. The normalized spacial score (nSPS) is 22.5. The molecule has 4 heterocycles. The fourth-order valence-electron chi connectivity index (χ4n) is 5.59. The molecular formula is C29H32N4O3. The molecule has 7 nitrogen and oxygen atoms in total. The minimum Gasteiger partial charge on any atom is -0.492 e. The van der Waals surface area contributed by atoms with E-state index in [-0.39, 0.29) is 17.9 Å². The Morgan fingerprint density at radius 1 is 1.06 bits per heavy atom. The third-order valence-electron chi connectivity index (χ3n) is 7.50. The summed E-state index contributed by atoms with van der Waals surface area (Å²) in [6.07, 6.45) is 4.09. The van der Waals surface area contributed by atoms with Crippen molar-refractivity contribution in [2.45, 2.75) is 20.0 Å². The number of fused-ring (bicyclic) bond motifs is 4. The van der Waals surface area contributed by atoms with E-state index in [1.807, 2.05) is 18.3 Å². The van der Waals surface area contributed by atoms with Crippen molar-refractivity contribution in [3.05, 3.63) is 71.4 Å². The molecule has 7 heteroatoms. The van der Waals surface area contributed by atoms with Crippen LogP contribution in [0.15, 0.2) is 65.5 Å². The van der Waals surface area contributed by atoms with Gasteiger partial charge in [-0.05, 0) is 24.6 Å². The first kappa shape index (κ1) is 23.0. The van der Waals surface area contributed by atoms with Gasteiger partial charge in [0.25, 0.3) is 0 Å². The molecule has 3 aromatic rings. The first-order chi connectivity index (χ1) is 17.5. The lowest BCUT2D eigenvalue weighted by molar-refractivity contribution is 0.0101. The third kappa shape index (κ3) is 4.45. The first-order valence-corrected chi connectivity index (χ1v) is 12.7. The largest absolute Gasteiger partial charge is 0.492 e. The van der Waals surface area contributed by atoms with Gasteiger partial charge in [0, 0.05) is 69.4 Å². The van der Waals surface area contributed by atoms with Crippen molar-refractivity contribution in [1.29, 1.82) is 0 Å². The van der Waals surface area contributed by atoms with Crippen LogP contribution in [-0.2, 0) is 4.84 Å². The summed E-state index contributed by atoms with van der Waals surface area (Å²) in [7, 11) is 0. The zero-order valence-electron chi connectivity index (χ0n) is 20.9. The van der Waals surface area contributed by atoms with Crippen LogP contribution >= 0.6 is 0 Å². The summed E-state index contributed by atoms with van der Waals surface area (Å²) in [5.74, 6) is 0.886. The van der Waals surface area contributed by atoms with Gasteiger partial charge >= 0.3 is 0 Å². The molecule has 186 valence electrons. The van der Waals surface area contributed by atoms with E-state index in [9.17, 15) is 4.79 Å². The van der Waals surface area contributed by atoms with Gasteiger partial charge in [0.15, 0.2) is 6.10 Å². The van der Waals surface area contributed by atoms with Gasteiger partial charge in [0.1, 0.15) is 18.1 Å². The number of aromatic nitrogens is 1. The first-order valence-electron chi connectivity index (χ1n) is 12.7. The summed E-state index contributed by atoms with van der Waals surface area (Å²) in [4.78, 5) is 22.9. The maximum absolute atomic E-state index is 11.9. The van der Waals surface area contributed by atoms with Crippen LogP contribution in [0, 0.1) is 5.92 Å². The van der Waals surface area contributed by atoms with Crippen LogP contribution in [0.2, 0.25) is 0 Å². The van der Waals surface area contributed by atoms with Crippen molar-refractivity contribution in [3.8, 4) is 5.75 Å². The van der Waals surface area contributed by atoms with Gasteiger partial charge in [-0.2, -0.15) is 0 Å². The van der Waals surface area contributed by atoms with E-state index in [1.165, 1.54) is 11.1 Å². The van der Waals surface area contributed by atoms with Gasteiger partial charge < -0.3 is 9.57 Å². The molecule has 1 fully saturated rings. The average molecular weight is 485 g/mol. The van der Waals surface area contributed by atoms with Crippen molar-refractivity contribution >= 4 is 28.6 Å². The van der Waals surface area contributed by atoms with E-state index >= 15 is 0 Å². The number of carbonyl (C=O) groups excluding carboxylic acids is 1. The molecule has 3 aliphatic rings. The maximum atomic E-state index is 11.9. The van der Waals surface area contributed by atoms with Gasteiger partial charge in [-0.3, -0.25) is 19.2 Å². The highest BCUT2D eigenvalue weighted by atomic mass is 16.6. The molecule has 0 saturated carbocycles. The molecule has 0 amide bonds. The maximum Gasteiger partial charge on any atom is 0.227 e. The minimum absolute atomic E-state index is 0.00285. The number of oxime groups is 1. The van der Waals surface area contributed by atoms with Crippen LogP contribution in [0.25, 0.3) is 17.0 Å². The standard InChI is InChI=1S/C29H32N4O3/c1-20(14-22-6-4-3-5-7-22)17-31-10-12-32(13-11-31)18-28-25-19-35-27-16-26-23(8-9-33(26)21(2)34)15-24(27)29(25)30-36-28/h3-9,14-16,25,28H,10-13,17-19H2,1-2H3. The van der Waals surface area contributed by atoms with E-state index in [0.717, 1.165) is 67.2 Å². The smallest absolute Gasteiger partial charge is 0.227 e. The Kier molecular flexibility index (Phi) is 6.11. The lowest BCUT2D eigenvalue weighted by atomic mass is 9.89. The molecule has 6 rings (SSSR count). The fourth-order valence-corrected chi connectivity index (χ4v) is 5.59. The third-order valence-corrected chi connectivity index (χ3v) is 7.50. The van der Waals surface area contributed by atoms with E-state index in [4.69, 9.17) is 9.57 Å². The van der Waals surface area contributed by atoms with E-state index in [1.54, 1.807) is 11.5 Å². The van der Waals surface area contributed by atoms with Gasteiger partial charge in [0.05, 0.1) is 11.4 Å². The molecule has 2 unspecified atom stereocenters. The molecule has 0 spiro atoms. The zero-order valence-corrected chi connectivity index (χ0v) is 20.9. The summed E-state index contributed by atoms with van der Waals surface area (Å²) >= 11 is 0. The van der Waals surface area contributed by atoms with Crippen molar-refractivity contribution in [2.75, 3.05) is 45.9 Å². The van der Waals surface area contributed by atoms with Crippen LogP contribution in [0.3, 0.4) is 0 Å². The second kappa shape index (κ2) is 9.56. The van der Waals surface area contributed by atoms with Crippen LogP contribution in [0.4, 0.5) is 0 Å². The number of piperazine rings is 1. The number of benzene rings is 2. The van der Waals surface area contributed by atoms with E-state index < -0.39 is 0 Å². The summed E-state index contributed by atoms with van der Waals surface area (Å²) in [5.41, 5.74) is 5.46. The SMILES string of the molecule is CC(=O)n1ccc2cc3c(cc21)OCC1C3=NOC1CN1CCN(CC(C)=Cc2ccccc2)CC1. The Labute approximate surface area is 211 Å². The summed E-state index contributed by atoms with van der Waals surface area (Å²) in [6.45, 7) is 10.3. The Morgan fingerprint density at radius 2 is 1.83 bits per heavy atom. The molecule has 3 aliphatic heterocycles. The van der Waals surface area contributed by atoms with Crippen LogP contribution in [0.1, 0.15) is 29.8 Å². The quantitative estimate of drug-likeness (QED) is 0.545. The molecule has 2 aromatic carbocycles. The number of hydrogen-bond donors (Lipinski definition) is 0. The Hall–Kier alpha value is -3.42. The van der Waals surface area contributed by atoms with Crippen molar-refractivity contribution in [1.82, 2.24) is 14.4 Å². The Balaban J connectivity index is 1.06. The number of nitrogens with zero attached hydrogens (tertiary/aromatic N) is 4. The highest BCUT2D eigenvalue weighted by Crippen LogP contribution is 2.37. The Morgan fingerprint density at radius 3 is 2.61 bits per heavy atom. The van der Waals surface area contributed by atoms with Gasteiger partial charge in [0.2, 0.25) is 5.91 Å². The topological polar surface area (TPSA) is 59.3 Å². The van der Waals surface area contributed by atoms with Gasteiger partial charge in [-0.15, -0.1) is 0 Å². The zero-order chi connectivity index (χ0) is 24.6. The van der Waals surface area contributed by atoms with Crippen molar-refractivity contribution in [2.24, 2.45) is 11.1 Å². The second-order valence-electron chi connectivity index (χ2n) is 10.1. The van der Waals surface area contributed by atoms with Crippen LogP contribution < -0.4 is 4.74 Å². The molecule has 0 N–H and O–H groups in total. The highest BCUT2D eigenvalue weighted by Gasteiger charge is 2.41. The number of rotatable bonds is 5. The molecule has 0 bridgehead atoms. The molecular weight excluding hydrogens is 452 g/mol. The lowest BCUT2D eigenvalue weighted by Crippen LogP contribution is -2.50. The molecule has 1 aromatic heterocycles.